The van der Waals surface area contributed by atoms with Gasteiger partial charge in [-0.3, -0.25) is 9.69 Å². The van der Waals surface area contributed by atoms with Crippen LogP contribution in [0.1, 0.15) is 40.4 Å². The van der Waals surface area contributed by atoms with Gasteiger partial charge in [0.2, 0.25) is 0 Å². The Morgan fingerprint density at radius 3 is 2.31 bits per heavy atom. The molecular weight excluding hydrogens is 369 g/mol. The summed E-state index contributed by atoms with van der Waals surface area (Å²) in [6.45, 7) is 4.86. The number of aryl methyl sites for hydroxylation is 1. The third-order valence-electron chi connectivity index (χ3n) is 4.70. The number of anilines is 1. The van der Waals surface area contributed by atoms with E-state index in [0.717, 1.165) is 13.1 Å². The van der Waals surface area contributed by atoms with Gasteiger partial charge in [0.25, 0.3) is 5.91 Å². The van der Waals surface area contributed by atoms with Gasteiger partial charge in [-0.05, 0) is 50.6 Å². The standard InChI is InChI=1S/C20H25N3O.2ClH/c1-15-8-10-16(11-9-15)19(23-12-4-5-13-23)14-22-20(24)17-6-2-3-7-18(17)21;;/h2-3,6-11,19H,4-5,12-14,21H2,1H3,(H,22,24);2*1H. The van der Waals surface area contributed by atoms with E-state index in [1.54, 1.807) is 12.1 Å². The van der Waals surface area contributed by atoms with Crippen molar-refractivity contribution in [3.05, 3.63) is 65.2 Å². The van der Waals surface area contributed by atoms with Gasteiger partial charge in [-0.2, -0.15) is 0 Å². The summed E-state index contributed by atoms with van der Waals surface area (Å²) in [5.41, 5.74) is 9.47. The molecule has 1 fully saturated rings. The first-order valence-corrected chi connectivity index (χ1v) is 8.58. The number of hydrogen-bond donors (Lipinski definition) is 2. The fourth-order valence-electron chi connectivity index (χ4n) is 3.29. The third kappa shape index (κ3) is 5.37. The summed E-state index contributed by atoms with van der Waals surface area (Å²) in [5.74, 6) is -0.107. The van der Waals surface area contributed by atoms with Gasteiger partial charge in [-0.25, -0.2) is 0 Å². The molecule has 4 nitrogen and oxygen atoms in total. The van der Waals surface area contributed by atoms with Gasteiger partial charge in [0.1, 0.15) is 0 Å². The second-order valence-corrected chi connectivity index (χ2v) is 6.47. The smallest absolute Gasteiger partial charge is 0.253 e. The number of nitrogen functional groups attached to an aromatic ring is 1. The van der Waals surface area contributed by atoms with Gasteiger partial charge >= 0.3 is 0 Å². The van der Waals surface area contributed by atoms with Crippen LogP contribution in [0.3, 0.4) is 0 Å². The lowest BCUT2D eigenvalue weighted by Gasteiger charge is -2.28. The van der Waals surface area contributed by atoms with Crippen LogP contribution in [0.4, 0.5) is 5.69 Å². The average Bonchev–Trinajstić information content (AvgIpc) is 3.11. The monoisotopic (exact) mass is 395 g/mol. The molecule has 0 saturated carbocycles. The third-order valence-corrected chi connectivity index (χ3v) is 4.70. The first-order chi connectivity index (χ1) is 11.6. The zero-order valence-electron chi connectivity index (χ0n) is 15.0. The predicted octanol–water partition coefficient (Wildman–Crippen LogP) is 3.99. The van der Waals surface area contributed by atoms with Gasteiger partial charge in [-0.1, -0.05) is 42.0 Å². The summed E-state index contributed by atoms with van der Waals surface area (Å²) < 4.78 is 0. The largest absolute Gasteiger partial charge is 0.398 e. The maximum Gasteiger partial charge on any atom is 0.253 e. The Kier molecular flexibility index (Phi) is 8.93. The van der Waals surface area contributed by atoms with Crippen molar-refractivity contribution in [3.8, 4) is 0 Å². The van der Waals surface area contributed by atoms with Gasteiger partial charge in [0.05, 0.1) is 11.6 Å². The quantitative estimate of drug-likeness (QED) is 0.752. The molecule has 1 aliphatic heterocycles. The van der Waals surface area contributed by atoms with Gasteiger partial charge in [0.15, 0.2) is 0 Å². The molecule has 2 aromatic rings. The Morgan fingerprint density at radius 2 is 1.69 bits per heavy atom. The molecule has 0 aliphatic carbocycles. The van der Waals surface area contributed by atoms with Crippen LogP contribution in [-0.2, 0) is 0 Å². The molecule has 0 spiro atoms. The number of carbonyl (C=O) groups excluding carboxylic acids is 1. The number of nitrogens with one attached hydrogen (secondary N) is 1. The lowest BCUT2D eigenvalue weighted by molar-refractivity contribution is 0.0939. The minimum absolute atomic E-state index is 0. The van der Waals surface area contributed by atoms with E-state index in [2.05, 4.69) is 41.4 Å². The number of amides is 1. The molecule has 1 heterocycles. The number of nitrogens with zero attached hydrogens (tertiary/aromatic N) is 1. The maximum atomic E-state index is 12.5. The summed E-state index contributed by atoms with van der Waals surface area (Å²) >= 11 is 0. The molecule has 3 N–H and O–H groups in total. The van der Waals surface area contributed by atoms with E-state index in [0.29, 0.717) is 17.8 Å². The number of carbonyl (C=O) groups is 1. The van der Waals surface area contributed by atoms with Crippen LogP contribution in [0.2, 0.25) is 0 Å². The number of rotatable bonds is 5. The lowest BCUT2D eigenvalue weighted by Crippen LogP contribution is -2.37. The highest BCUT2D eigenvalue weighted by Crippen LogP contribution is 2.25. The molecule has 1 unspecified atom stereocenters. The first kappa shape index (κ1) is 22.3. The van der Waals surface area contributed by atoms with Gasteiger partial charge in [-0.15, -0.1) is 24.8 Å². The van der Waals surface area contributed by atoms with E-state index in [1.807, 2.05) is 12.1 Å². The first-order valence-electron chi connectivity index (χ1n) is 8.58. The number of benzene rings is 2. The highest BCUT2D eigenvalue weighted by atomic mass is 35.5. The molecule has 0 aromatic heterocycles. The minimum atomic E-state index is -0.107. The van der Waals surface area contributed by atoms with Gasteiger partial charge in [0, 0.05) is 12.2 Å². The van der Waals surface area contributed by atoms with Gasteiger partial charge < -0.3 is 11.1 Å². The molecule has 1 amide bonds. The van der Waals surface area contributed by atoms with Crippen molar-refractivity contribution in [2.24, 2.45) is 0 Å². The highest BCUT2D eigenvalue weighted by Gasteiger charge is 2.24. The highest BCUT2D eigenvalue weighted by molar-refractivity contribution is 5.99. The van der Waals surface area contributed by atoms with Crippen molar-refractivity contribution in [1.82, 2.24) is 10.2 Å². The average molecular weight is 396 g/mol. The van der Waals surface area contributed by atoms with Crippen molar-refractivity contribution in [2.75, 3.05) is 25.4 Å². The van der Waals surface area contributed by atoms with Crippen molar-refractivity contribution in [3.63, 3.8) is 0 Å². The Morgan fingerprint density at radius 1 is 1.08 bits per heavy atom. The van der Waals surface area contributed by atoms with E-state index in [9.17, 15) is 4.79 Å². The van der Waals surface area contributed by atoms with E-state index in [4.69, 9.17) is 5.73 Å². The zero-order valence-corrected chi connectivity index (χ0v) is 16.6. The lowest BCUT2D eigenvalue weighted by atomic mass is 10.0. The second kappa shape index (κ2) is 10.4. The van der Waals surface area contributed by atoms with Crippen LogP contribution in [-0.4, -0.2) is 30.4 Å². The molecule has 142 valence electrons. The topological polar surface area (TPSA) is 58.4 Å². The number of halogens is 2. The van der Waals surface area contributed by atoms with Crippen LogP contribution in [0.15, 0.2) is 48.5 Å². The second-order valence-electron chi connectivity index (χ2n) is 6.47. The molecule has 1 aliphatic rings. The summed E-state index contributed by atoms with van der Waals surface area (Å²) in [4.78, 5) is 14.9. The maximum absolute atomic E-state index is 12.5. The van der Waals surface area contributed by atoms with Crippen molar-refractivity contribution in [1.29, 1.82) is 0 Å². The summed E-state index contributed by atoms with van der Waals surface area (Å²) in [6.07, 6.45) is 2.45. The molecular formula is C20H27Cl2N3O. The Hall–Kier alpha value is -1.75. The Balaban J connectivity index is 0.00000169. The molecule has 1 atom stereocenters. The molecule has 0 bridgehead atoms. The Labute approximate surface area is 168 Å². The SMILES string of the molecule is Cc1ccc(C(CNC(=O)c2ccccc2N)N2CCCC2)cc1.Cl.Cl. The number of para-hydroxylation sites is 1. The van der Waals surface area contributed by atoms with Crippen molar-refractivity contribution in [2.45, 2.75) is 25.8 Å². The normalized spacial score (nSPS) is 14.8. The number of nitrogens with two attached hydrogens (primary N) is 1. The van der Waals surface area contributed by atoms with Crippen molar-refractivity contribution < 1.29 is 4.79 Å². The predicted molar refractivity (Wildman–Crippen MR) is 112 cm³/mol. The van der Waals surface area contributed by atoms with Crippen molar-refractivity contribution >= 4 is 36.4 Å². The van der Waals surface area contributed by atoms with Crippen LogP contribution < -0.4 is 11.1 Å². The summed E-state index contributed by atoms with van der Waals surface area (Å²) in [7, 11) is 0. The summed E-state index contributed by atoms with van der Waals surface area (Å²) in [5, 5.41) is 3.07. The molecule has 6 heteroatoms. The molecule has 1 saturated heterocycles. The van der Waals surface area contributed by atoms with E-state index < -0.39 is 0 Å². The van der Waals surface area contributed by atoms with E-state index in [-0.39, 0.29) is 36.8 Å². The van der Waals surface area contributed by atoms with Crippen LogP contribution in [0.25, 0.3) is 0 Å². The summed E-state index contributed by atoms with van der Waals surface area (Å²) in [6, 6.07) is 16.0. The minimum Gasteiger partial charge on any atom is -0.398 e. The van der Waals surface area contributed by atoms with Crippen LogP contribution >= 0.6 is 24.8 Å². The number of likely N-dealkylation sites (tertiary alicyclic amines) is 1. The Bertz CT molecular complexity index is 700. The molecule has 0 radical (unpaired) electrons. The molecule has 2 aromatic carbocycles. The van der Waals surface area contributed by atoms with E-state index >= 15 is 0 Å². The number of hydrogen-bond acceptors (Lipinski definition) is 3. The molecule has 3 rings (SSSR count). The molecule has 26 heavy (non-hydrogen) atoms. The zero-order chi connectivity index (χ0) is 16.9. The van der Waals surface area contributed by atoms with Crippen LogP contribution in [0, 0.1) is 6.92 Å². The van der Waals surface area contributed by atoms with Crippen LogP contribution in [0.5, 0.6) is 0 Å². The van der Waals surface area contributed by atoms with E-state index in [1.165, 1.54) is 24.0 Å². The fraction of sp³-hybridized carbons (Fsp3) is 0.350. The fourth-order valence-corrected chi connectivity index (χ4v) is 3.29.